The van der Waals surface area contributed by atoms with Crippen molar-refractivity contribution in [2.45, 2.75) is 6.42 Å². The summed E-state index contributed by atoms with van der Waals surface area (Å²) < 4.78 is 0.977. The third-order valence-electron chi connectivity index (χ3n) is 3.33. The first-order valence-corrected chi connectivity index (χ1v) is 6.92. The second-order valence-electron chi connectivity index (χ2n) is 4.91. The third kappa shape index (κ3) is 2.84. The first-order valence-electron chi connectivity index (χ1n) is 6.54. The largest absolute Gasteiger partial charge is 0.478 e. The maximum atomic E-state index is 11.0. The summed E-state index contributed by atoms with van der Waals surface area (Å²) in [5.74, 6) is -0.977. The Morgan fingerprint density at radius 1 is 1.23 bits per heavy atom. The van der Waals surface area contributed by atoms with Gasteiger partial charge in [-0.3, -0.25) is 10.2 Å². The SMILES string of the molecule is O=C(O)c1ccnc(Cc2ccc3c(cc(Cl)c[n+]3O)c2)c1. The van der Waals surface area contributed by atoms with Crippen molar-refractivity contribution in [2.75, 3.05) is 0 Å². The van der Waals surface area contributed by atoms with Crippen LogP contribution in [0.15, 0.2) is 48.8 Å². The fraction of sp³-hybridized carbons (Fsp3) is 0.0625. The Morgan fingerprint density at radius 2 is 2.05 bits per heavy atom. The average Bonchev–Trinajstić information content (AvgIpc) is 2.47. The van der Waals surface area contributed by atoms with Crippen LogP contribution in [0.25, 0.3) is 10.9 Å². The highest BCUT2D eigenvalue weighted by atomic mass is 35.5. The van der Waals surface area contributed by atoms with Gasteiger partial charge in [-0.15, -0.1) is 0 Å². The number of aromatic nitrogens is 2. The van der Waals surface area contributed by atoms with Crippen molar-refractivity contribution < 1.29 is 19.8 Å². The first kappa shape index (κ1) is 14.3. The summed E-state index contributed by atoms with van der Waals surface area (Å²) in [5.41, 5.74) is 2.46. The van der Waals surface area contributed by atoms with Crippen LogP contribution in [0.4, 0.5) is 0 Å². The monoisotopic (exact) mass is 315 g/mol. The second-order valence-corrected chi connectivity index (χ2v) is 5.35. The first-order chi connectivity index (χ1) is 10.5. The van der Waals surface area contributed by atoms with Crippen LogP contribution in [0.2, 0.25) is 5.02 Å². The molecule has 0 aliphatic rings. The van der Waals surface area contributed by atoms with Gasteiger partial charge in [-0.2, -0.15) is 0 Å². The third-order valence-corrected chi connectivity index (χ3v) is 3.53. The van der Waals surface area contributed by atoms with E-state index in [1.54, 1.807) is 18.2 Å². The Hall–Kier alpha value is -2.66. The number of aromatic carboxylic acids is 1. The number of pyridine rings is 2. The Labute approximate surface area is 131 Å². The molecule has 0 radical (unpaired) electrons. The van der Waals surface area contributed by atoms with Crippen LogP contribution in [0.3, 0.4) is 0 Å². The number of rotatable bonds is 3. The van der Waals surface area contributed by atoms with E-state index in [1.165, 1.54) is 18.5 Å². The minimum absolute atomic E-state index is 0.210. The van der Waals surface area contributed by atoms with Gasteiger partial charge >= 0.3 is 5.97 Å². The maximum absolute atomic E-state index is 11.0. The van der Waals surface area contributed by atoms with E-state index in [0.29, 0.717) is 22.7 Å². The van der Waals surface area contributed by atoms with Gasteiger partial charge in [-0.1, -0.05) is 17.7 Å². The predicted octanol–water partition coefficient (Wildman–Crippen LogP) is 2.70. The summed E-state index contributed by atoms with van der Waals surface area (Å²) in [4.78, 5) is 15.2. The minimum Gasteiger partial charge on any atom is -0.478 e. The molecule has 0 amide bonds. The number of benzene rings is 1. The van der Waals surface area contributed by atoms with Gasteiger partial charge in [0.25, 0.3) is 5.52 Å². The molecular weight excluding hydrogens is 304 g/mol. The normalized spacial score (nSPS) is 10.8. The molecule has 0 fully saturated rings. The summed E-state index contributed by atoms with van der Waals surface area (Å²) in [6, 6.07) is 10.3. The molecule has 3 rings (SSSR count). The molecule has 1 aromatic carbocycles. The van der Waals surface area contributed by atoms with E-state index in [9.17, 15) is 10.0 Å². The van der Waals surface area contributed by atoms with Crippen LogP contribution in [-0.4, -0.2) is 21.3 Å². The van der Waals surface area contributed by atoms with Crippen molar-refractivity contribution in [2.24, 2.45) is 0 Å². The Balaban J connectivity index is 1.97. The van der Waals surface area contributed by atoms with Gasteiger partial charge in [0.1, 0.15) is 5.02 Å². The van der Waals surface area contributed by atoms with Gasteiger partial charge in [-0.25, -0.2) is 4.79 Å². The van der Waals surface area contributed by atoms with E-state index < -0.39 is 5.97 Å². The van der Waals surface area contributed by atoms with Gasteiger partial charge in [0.2, 0.25) is 6.20 Å². The number of carboxylic acids is 1. The molecule has 5 nitrogen and oxygen atoms in total. The van der Waals surface area contributed by atoms with E-state index in [4.69, 9.17) is 16.7 Å². The van der Waals surface area contributed by atoms with Crippen LogP contribution in [0.1, 0.15) is 21.6 Å². The number of halogens is 1. The van der Waals surface area contributed by atoms with Gasteiger partial charge in [0.15, 0.2) is 0 Å². The van der Waals surface area contributed by atoms with Crippen LogP contribution >= 0.6 is 11.6 Å². The fourth-order valence-electron chi connectivity index (χ4n) is 2.33. The van der Waals surface area contributed by atoms with E-state index in [1.807, 2.05) is 12.1 Å². The zero-order valence-electron chi connectivity index (χ0n) is 11.4. The molecule has 2 heterocycles. The molecule has 0 saturated carbocycles. The smallest absolute Gasteiger partial charge is 0.335 e. The summed E-state index contributed by atoms with van der Waals surface area (Å²) in [7, 11) is 0. The molecule has 0 saturated heterocycles. The highest BCUT2D eigenvalue weighted by Crippen LogP contribution is 2.18. The Bertz CT molecular complexity index is 880. The summed E-state index contributed by atoms with van der Waals surface area (Å²) in [6.07, 6.45) is 3.40. The standard InChI is InChI=1S/C16H11ClN2O3/c17-13-7-12-5-10(1-2-15(12)19(22)9-13)6-14-8-11(16(20)21)3-4-18-14/h1-5,7-9H,6H2,(H-,20,21,22)/p+1. The minimum atomic E-state index is -0.977. The summed E-state index contributed by atoms with van der Waals surface area (Å²) >= 11 is 5.93. The lowest BCUT2D eigenvalue weighted by molar-refractivity contribution is -0.884. The maximum Gasteiger partial charge on any atom is 0.335 e. The molecule has 0 atom stereocenters. The molecule has 22 heavy (non-hydrogen) atoms. The van der Waals surface area contributed by atoms with E-state index in [0.717, 1.165) is 15.7 Å². The fourth-order valence-corrected chi connectivity index (χ4v) is 2.54. The van der Waals surface area contributed by atoms with Crippen molar-refractivity contribution in [3.8, 4) is 0 Å². The lowest BCUT2D eigenvalue weighted by atomic mass is 10.1. The van der Waals surface area contributed by atoms with Gasteiger partial charge in [0.05, 0.1) is 10.9 Å². The molecule has 2 N–H and O–H groups in total. The van der Waals surface area contributed by atoms with Crippen molar-refractivity contribution in [1.29, 1.82) is 0 Å². The number of nitrogens with zero attached hydrogens (tertiary/aromatic N) is 2. The second kappa shape index (κ2) is 5.61. The van der Waals surface area contributed by atoms with Gasteiger partial charge in [-0.05, 0) is 29.8 Å². The van der Waals surface area contributed by atoms with Crippen molar-refractivity contribution in [3.63, 3.8) is 0 Å². The quantitative estimate of drug-likeness (QED) is 0.575. The lowest BCUT2D eigenvalue weighted by Gasteiger charge is -2.03. The predicted molar refractivity (Wildman–Crippen MR) is 80.3 cm³/mol. The summed E-state index contributed by atoms with van der Waals surface area (Å²) in [5, 5.41) is 20.0. The van der Waals surface area contributed by atoms with Crippen molar-refractivity contribution >= 4 is 28.5 Å². The molecule has 3 aromatic rings. The number of hydrogen-bond donors (Lipinski definition) is 2. The van der Waals surface area contributed by atoms with Crippen molar-refractivity contribution in [1.82, 2.24) is 4.98 Å². The van der Waals surface area contributed by atoms with Crippen LogP contribution in [0, 0.1) is 0 Å². The molecule has 2 aromatic heterocycles. The molecule has 0 unspecified atom stereocenters. The van der Waals surface area contributed by atoms with E-state index in [2.05, 4.69) is 4.98 Å². The average molecular weight is 316 g/mol. The molecule has 0 aliphatic carbocycles. The Morgan fingerprint density at radius 3 is 2.82 bits per heavy atom. The summed E-state index contributed by atoms with van der Waals surface area (Å²) in [6.45, 7) is 0. The van der Waals surface area contributed by atoms with E-state index >= 15 is 0 Å². The van der Waals surface area contributed by atoms with Crippen LogP contribution < -0.4 is 4.73 Å². The number of carboxylic acid groups (broad SMARTS) is 1. The molecule has 0 bridgehead atoms. The zero-order chi connectivity index (χ0) is 15.7. The molecule has 0 spiro atoms. The van der Waals surface area contributed by atoms with E-state index in [-0.39, 0.29) is 5.56 Å². The topological polar surface area (TPSA) is 74.3 Å². The van der Waals surface area contributed by atoms with Crippen molar-refractivity contribution in [3.05, 3.63) is 70.6 Å². The number of fused-ring (bicyclic) bond motifs is 1. The molecule has 110 valence electrons. The number of carbonyl (C=O) groups is 1. The molecular formula is C16H12ClN2O3+. The highest BCUT2D eigenvalue weighted by molar-refractivity contribution is 6.30. The lowest BCUT2D eigenvalue weighted by Crippen LogP contribution is -2.30. The van der Waals surface area contributed by atoms with Crippen LogP contribution in [0.5, 0.6) is 0 Å². The number of hydrogen-bond acceptors (Lipinski definition) is 3. The Kier molecular flexibility index (Phi) is 3.65. The van der Waals surface area contributed by atoms with Gasteiger partial charge < -0.3 is 5.11 Å². The van der Waals surface area contributed by atoms with Crippen LogP contribution in [-0.2, 0) is 6.42 Å². The van der Waals surface area contributed by atoms with Gasteiger partial charge in [0, 0.05) is 29.1 Å². The zero-order valence-corrected chi connectivity index (χ0v) is 12.2. The highest BCUT2D eigenvalue weighted by Gasteiger charge is 2.11. The molecule has 6 heteroatoms. The molecule has 0 aliphatic heterocycles.